The Kier molecular flexibility index (Phi) is 12.8. The lowest BCUT2D eigenvalue weighted by molar-refractivity contribution is 0.483. The van der Waals surface area contributed by atoms with Crippen molar-refractivity contribution >= 4 is 0 Å². The summed E-state index contributed by atoms with van der Waals surface area (Å²) < 4.78 is 0. The van der Waals surface area contributed by atoms with Gasteiger partial charge < -0.3 is 0 Å². The summed E-state index contributed by atoms with van der Waals surface area (Å²) in [6.45, 7) is 15.2. The highest BCUT2D eigenvalue weighted by atomic mass is 14.0. The fraction of sp³-hybridized carbons (Fsp3) is 0.833. The van der Waals surface area contributed by atoms with Crippen molar-refractivity contribution in [3.63, 3.8) is 0 Å². The van der Waals surface area contributed by atoms with Crippen LogP contribution >= 0.6 is 0 Å². The summed E-state index contributed by atoms with van der Waals surface area (Å²) in [5.41, 5.74) is 0. The molecule has 0 radical (unpaired) electrons. The average Bonchev–Trinajstić information content (AvgIpc) is 2.02. The van der Waals surface area contributed by atoms with Crippen LogP contribution < -0.4 is 0 Å². The van der Waals surface area contributed by atoms with Crippen LogP contribution in [0.3, 0.4) is 0 Å². The predicted octanol–water partition coefficient (Wildman–Crippen LogP) is 4.66. The van der Waals surface area contributed by atoms with Gasteiger partial charge in [0.05, 0.1) is 0 Å². The van der Waals surface area contributed by atoms with Crippen molar-refractivity contribution in [3.8, 4) is 0 Å². The van der Waals surface area contributed by atoms with E-state index in [0.717, 1.165) is 11.8 Å². The van der Waals surface area contributed by atoms with Crippen LogP contribution in [0.1, 0.15) is 53.4 Å². The minimum Gasteiger partial charge on any atom is -0.106 e. The fourth-order valence-electron chi connectivity index (χ4n) is 1.11. The van der Waals surface area contributed by atoms with Crippen LogP contribution in [-0.2, 0) is 0 Å². The van der Waals surface area contributed by atoms with Gasteiger partial charge in [0.25, 0.3) is 0 Å². The first-order chi connectivity index (χ1) is 5.63. The van der Waals surface area contributed by atoms with E-state index in [1.807, 2.05) is 0 Å². The van der Waals surface area contributed by atoms with Crippen LogP contribution in [0.5, 0.6) is 0 Å². The van der Waals surface area contributed by atoms with E-state index in [2.05, 4.69) is 40.9 Å². The molecular weight excluding hydrogens is 144 g/mol. The molecule has 12 heavy (non-hydrogen) atoms. The van der Waals surface area contributed by atoms with Crippen molar-refractivity contribution in [3.05, 3.63) is 13.2 Å². The first-order valence-corrected chi connectivity index (χ1v) is 5.13. The average molecular weight is 170 g/mol. The maximum Gasteiger partial charge on any atom is -0.0471 e. The van der Waals surface area contributed by atoms with E-state index in [0.29, 0.717) is 0 Å². The summed E-state index contributed by atoms with van der Waals surface area (Å²) >= 11 is 0. The Morgan fingerprint density at radius 2 is 1.00 bits per heavy atom. The van der Waals surface area contributed by atoms with E-state index in [-0.39, 0.29) is 0 Å². The highest BCUT2D eigenvalue weighted by Crippen LogP contribution is 2.11. The summed E-state index contributed by atoms with van der Waals surface area (Å²) in [5.74, 6) is 1.79. The maximum atomic E-state index is 3.00. The third-order valence-electron chi connectivity index (χ3n) is 1.81. The molecule has 0 saturated carbocycles. The Balaban J connectivity index is 0. The zero-order chi connectivity index (χ0) is 9.98. The zero-order valence-corrected chi connectivity index (χ0v) is 9.40. The molecule has 0 aliphatic heterocycles. The van der Waals surface area contributed by atoms with Crippen molar-refractivity contribution in [1.29, 1.82) is 0 Å². The standard InChI is InChI=1S/C10H22.C2H4/c1-9(2)7-5-6-8-10(3)4;1-2/h9-10H,5-8H2,1-4H3;1-2H2. The molecule has 74 valence electrons. The normalized spacial score (nSPS) is 9.83. The van der Waals surface area contributed by atoms with Gasteiger partial charge in [-0.1, -0.05) is 53.4 Å². The molecule has 0 atom stereocenters. The topological polar surface area (TPSA) is 0 Å². The molecular formula is C12H26. The molecule has 0 heterocycles. The molecule has 0 heteroatoms. The first-order valence-electron chi connectivity index (χ1n) is 5.13. The molecule has 0 aliphatic rings. The van der Waals surface area contributed by atoms with Crippen LogP contribution in [0.2, 0.25) is 0 Å². The van der Waals surface area contributed by atoms with Crippen LogP contribution in [0.4, 0.5) is 0 Å². The molecule has 0 aromatic rings. The number of hydrogen-bond acceptors (Lipinski definition) is 0. The van der Waals surface area contributed by atoms with E-state index in [1.165, 1.54) is 25.7 Å². The van der Waals surface area contributed by atoms with Gasteiger partial charge in [0.2, 0.25) is 0 Å². The Morgan fingerprint density at radius 1 is 0.750 bits per heavy atom. The Labute approximate surface area is 79.1 Å². The molecule has 0 rings (SSSR count). The van der Waals surface area contributed by atoms with Gasteiger partial charge in [-0.2, -0.15) is 0 Å². The van der Waals surface area contributed by atoms with Gasteiger partial charge in [-0.25, -0.2) is 0 Å². The second-order valence-electron chi connectivity index (χ2n) is 4.07. The minimum absolute atomic E-state index is 0.896. The van der Waals surface area contributed by atoms with Gasteiger partial charge >= 0.3 is 0 Å². The van der Waals surface area contributed by atoms with E-state index < -0.39 is 0 Å². The highest BCUT2D eigenvalue weighted by molar-refractivity contribution is 4.49. The van der Waals surface area contributed by atoms with E-state index >= 15 is 0 Å². The van der Waals surface area contributed by atoms with Crippen LogP contribution in [0.25, 0.3) is 0 Å². The molecule has 0 bridgehead atoms. The molecule has 0 aliphatic carbocycles. The Morgan fingerprint density at radius 3 is 1.17 bits per heavy atom. The molecule has 0 saturated heterocycles. The summed E-state index contributed by atoms with van der Waals surface area (Å²) in [6, 6.07) is 0. The van der Waals surface area contributed by atoms with Gasteiger partial charge in [0.15, 0.2) is 0 Å². The second kappa shape index (κ2) is 10.7. The van der Waals surface area contributed by atoms with Gasteiger partial charge in [-0.3, -0.25) is 0 Å². The summed E-state index contributed by atoms with van der Waals surface area (Å²) in [7, 11) is 0. The lowest BCUT2D eigenvalue weighted by atomic mass is 10.0. The van der Waals surface area contributed by atoms with Crippen LogP contribution in [0.15, 0.2) is 13.2 Å². The van der Waals surface area contributed by atoms with Crippen molar-refractivity contribution in [1.82, 2.24) is 0 Å². The molecule has 0 fully saturated rings. The second-order valence-corrected chi connectivity index (χ2v) is 4.07. The monoisotopic (exact) mass is 170 g/mol. The molecule has 0 nitrogen and oxygen atoms in total. The lowest BCUT2D eigenvalue weighted by Crippen LogP contribution is -1.90. The summed E-state index contributed by atoms with van der Waals surface area (Å²) in [4.78, 5) is 0. The summed E-state index contributed by atoms with van der Waals surface area (Å²) in [6.07, 6.45) is 5.67. The van der Waals surface area contributed by atoms with Crippen molar-refractivity contribution < 1.29 is 0 Å². The largest absolute Gasteiger partial charge is 0.106 e. The quantitative estimate of drug-likeness (QED) is 0.416. The minimum atomic E-state index is 0.896. The van der Waals surface area contributed by atoms with Crippen molar-refractivity contribution in [2.75, 3.05) is 0 Å². The number of rotatable bonds is 5. The molecule has 0 N–H and O–H groups in total. The maximum absolute atomic E-state index is 3.00. The highest BCUT2D eigenvalue weighted by Gasteiger charge is 1.95. The fourth-order valence-corrected chi connectivity index (χ4v) is 1.11. The van der Waals surface area contributed by atoms with Gasteiger partial charge in [0.1, 0.15) is 0 Å². The smallest absolute Gasteiger partial charge is 0.0471 e. The molecule has 0 amide bonds. The van der Waals surface area contributed by atoms with E-state index in [1.54, 1.807) is 0 Å². The van der Waals surface area contributed by atoms with E-state index in [9.17, 15) is 0 Å². The molecule has 0 unspecified atom stereocenters. The number of unbranched alkanes of at least 4 members (excludes halogenated alkanes) is 1. The predicted molar refractivity (Wildman–Crippen MR) is 59.4 cm³/mol. The number of hydrogen-bond donors (Lipinski definition) is 0. The molecule has 0 aromatic heterocycles. The SMILES string of the molecule is C=C.CC(C)CCCCC(C)C. The van der Waals surface area contributed by atoms with Gasteiger partial charge in [-0.05, 0) is 11.8 Å². The van der Waals surface area contributed by atoms with Crippen molar-refractivity contribution in [2.24, 2.45) is 11.8 Å². The van der Waals surface area contributed by atoms with Gasteiger partial charge in [0, 0.05) is 0 Å². The van der Waals surface area contributed by atoms with E-state index in [4.69, 9.17) is 0 Å². The summed E-state index contributed by atoms with van der Waals surface area (Å²) in [5, 5.41) is 0. The molecule has 0 spiro atoms. The lowest BCUT2D eigenvalue weighted by Gasteiger charge is -2.05. The van der Waals surface area contributed by atoms with Crippen LogP contribution in [-0.4, -0.2) is 0 Å². The molecule has 0 aromatic carbocycles. The first kappa shape index (κ1) is 14.3. The van der Waals surface area contributed by atoms with Crippen LogP contribution in [0, 0.1) is 11.8 Å². The third kappa shape index (κ3) is 16.4. The zero-order valence-electron chi connectivity index (χ0n) is 9.40. The Bertz CT molecular complexity index is 62.1. The Hall–Kier alpha value is -0.260. The third-order valence-corrected chi connectivity index (χ3v) is 1.81. The van der Waals surface area contributed by atoms with Crippen molar-refractivity contribution in [2.45, 2.75) is 53.4 Å². The van der Waals surface area contributed by atoms with Gasteiger partial charge in [-0.15, -0.1) is 13.2 Å².